The average molecular weight is 379 g/mol. The van der Waals surface area contributed by atoms with Crippen LogP contribution in [0.15, 0.2) is 36.4 Å². The van der Waals surface area contributed by atoms with Crippen LogP contribution in [0.3, 0.4) is 0 Å². The second-order valence-corrected chi connectivity index (χ2v) is 6.18. The van der Waals surface area contributed by atoms with E-state index in [1.807, 2.05) is 0 Å². The quantitative estimate of drug-likeness (QED) is 0.747. The normalized spacial score (nSPS) is 13.2. The molecule has 0 aromatic heterocycles. The van der Waals surface area contributed by atoms with Crippen molar-refractivity contribution < 1.29 is 27.8 Å². The van der Waals surface area contributed by atoms with E-state index in [-0.39, 0.29) is 0 Å². The Balaban J connectivity index is 2.65. The molecule has 2 aromatic carbocycles. The van der Waals surface area contributed by atoms with E-state index < -0.39 is 35.7 Å². The maximum atomic E-state index is 14.0. The van der Waals surface area contributed by atoms with Gasteiger partial charge in [0.25, 0.3) is 0 Å². The lowest BCUT2D eigenvalue weighted by Gasteiger charge is -2.28. The number of methoxy groups -OCH3 is 2. The molecule has 0 unspecified atom stereocenters. The first kappa shape index (κ1) is 20.6. The lowest BCUT2D eigenvalue weighted by molar-refractivity contribution is -0.150. The molecule has 27 heavy (non-hydrogen) atoms. The van der Waals surface area contributed by atoms with Crippen LogP contribution in [0.4, 0.5) is 8.78 Å². The summed E-state index contributed by atoms with van der Waals surface area (Å²) in [6, 6.07) is 7.12. The minimum absolute atomic E-state index is 0.372. The Bertz CT molecular complexity index is 757. The molecule has 2 aromatic rings. The third-order valence-corrected chi connectivity index (χ3v) is 4.20. The summed E-state index contributed by atoms with van der Waals surface area (Å²) in [5.41, 5.74) is 6.37. The summed E-state index contributed by atoms with van der Waals surface area (Å²) < 4.78 is 44.1. The molecule has 0 bridgehead atoms. The molecule has 5 nitrogen and oxygen atoms in total. The van der Waals surface area contributed by atoms with Crippen LogP contribution in [-0.4, -0.2) is 32.3 Å². The Kier molecular flexibility index (Phi) is 6.74. The van der Waals surface area contributed by atoms with Gasteiger partial charge in [0.05, 0.1) is 20.1 Å². The first-order chi connectivity index (χ1) is 12.8. The number of carbonyl (C=O) groups excluding carboxylic acids is 1. The number of esters is 1. The van der Waals surface area contributed by atoms with Gasteiger partial charge >= 0.3 is 5.97 Å². The molecule has 146 valence electrons. The summed E-state index contributed by atoms with van der Waals surface area (Å²) >= 11 is 0. The molecule has 0 saturated heterocycles. The fourth-order valence-corrected chi connectivity index (χ4v) is 2.93. The van der Waals surface area contributed by atoms with Gasteiger partial charge in [-0.2, -0.15) is 0 Å². The van der Waals surface area contributed by atoms with Crippen molar-refractivity contribution in [2.45, 2.75) is 31.9 Å². The molecule has 0 fully saturated rings. The Morgan fingerprint density at radius 3 is 1.74 bits per heavy atom. The predicted octanol–water partition coefficient (Wildman–Crippen LogP) is 3.39. The molecule has 2 N–H and O–H groups in total. The smallest absolute Gasteiger partial charge is 0.322 e. The van der Waals surface area contributed by atoms with E-state index in [4.69, 9.17) is 19.9 Å². The van der Waals surface area contributed by atoms with Gasteiger partial charge in [-0.05, 0) is 50.2 Å². The lowest BCUT2D eigenvalue weighted by atomic mass is 9.85. The maximum Gasteiger partial charge on any atom is 0.322 e. The zero-order valence-electron chi connectivity index (χ0n) is 15.7. The third-order valence-electron chi connectivity index (χ3n) is 4.20. The van der Waals surface area contributed by atoms with Crippen molar-refractivity contribution in [2.75, 3.05) is 14.2 Å². The number of benzene rings is 2. The fraction of sp³-hybridized carbons (Fsp3) is 0.350. The predicted molar refractivity (Wildman–Crippen MR) is 97.0 cm³/mol. The van der Waals surface area contributed by atoms with Gasteiger partial charge in [-0.3, -0.25) is 4.79 Å². The highest BCUT2D eigenvalue weighted by molar-refractivity contribution is 5.75. The topological polar surface area (TPSA) is 70.8 Å². The Morgan fingerprint density at radius 2 is 1.37 bits per heavy atom. The van der Waals surface area contributed by atoms with Gasteiger partial charge in [0.1, 0.15) is 35.3 Å². The summed E-state index contributed by atoms with van der Waals surface area (Å²) in [6.45, 7) is 3.12. The zero-order chi connectivity index (χ0) is 20.1. The van der Waals surface area contributed by atoms with Crippen molar-refractivity contribution in [1.82, 2.24) is 0 Å². The van der Waals surface area contributed by atoms with Crippen LogP contribution >= 0.6 is 0 Å². The first-order valence-corrected chi connectivity index (χ1v) is 8.41. The highest BCUT2D eigenvalue weighted by Crippen LogP contribution is 2.40. The van der Waals surface area contributed by atoms with E-state index in [0.717, 1.165) is 0 Å². The molecule has 0 radical (unpaired) electrons. The Labute approximate surface area is 157 Å². The van der Waals surface area contributed by atoms with Crippen LogP contribution in [0.25, 0.3) is 0 Å². The molecule has 7 heteroatoms. The van der Waals surface area contributed by atoms with E-state index >= 15 is 0 Å². The molecule has 2 rings (SSSR count). The number of hydrogen-bond acceptors (Lipinski definition) is 5. The second kappa shape index (κ2) is 8.81. The molecule has 0 saturated carbocycles. The van der Waals surface area contributed by atoms with Crippen molar-refractivity contribution in [3.63, 3.8) is 0 Å². The minimum Gasteiger partial charge on any atom is -0.496 e. The molecule has 0 spiro atoms. The van der Waals surface area contributed by atoms with Gasteiger partial charge in [0, 0.05) is 11.1 Å². The largest absolute Gasteiger partial charge is 0.496 e. The molecule has 0 amide bonds. The van der Waals surface area contributed by atoms with Crippen molar-refractivity contribution in [2.24, 2.45) is 5.73 Å². The number of halogens is 2. The fourth-order valence-electron chi connectivity index (χ4n) is 2.93. The van der Waals surface area contributed by atoms with Gasteiger partial charge < -0.3 is 19.9 Å². The molecular formula is C20H23F2NO4. The van der Waals surface area contributed by atoms with Gasteiger partial charge in [-0.25, -0.2) is 8.78 Å². The number of rotatable bonds is 7. The number of ether oxygens (including phenoxy) is 3. The summed E-state index contributed by atoms with van der Waals surface area (Å²) in [5.74, 6) is -1.64. The zero-order valence-corrected chi connectivity index (χ0v) is 15.7. The SMILES string of the molecule is COc1ccc(F)cc1C(c1cc(F)ccc1OC)[C@H](C)OC(=O)[C@H](C)N. The summed E-state index contributed by atoms with van der Waals surface area (Å²) in [4.78, 5) is 12.0. The molecule has 0 aliphatic heterocycles. The van der Waals surface area contributed by atoms with Crippen molar-refractivity contribution >= 4 is 5.97 Å². The molecule has 0 heterocycles. The Morgan fingerprint density at radius 1 is 0.926 bits per heavy atom. The second-order valence-electron chi connectivity index (χ2n) is 6.18. The van der Waals surface area contributed by atoms with Crippen LogP contribution < -0.4 is 15.2 Å². The monoisotopic (exact) mass is 379 g/mol. The van der Waals surface area contributed by atoms with Gasteiger partial charge in [-0.1, -0.05) is 0 Å². The third kappa shape index (κ3) is 4.74. The van der Waals surface area contributed by atoms with Crippen molar-refractivity contribution in [3.05, 3.63) is 59.2 Å². The van der Waals surface area contributed by atoms with Crippen LogP contribution in [0.1, 0.15) is 30.9 Å². The standard InChI is InChI=1S/C20H23F2NO4/c1-11(23)20(24)27-12(2)19(15-9-13(21)5-7-17(15)25-3)16-10-14(22)6-8-18(16)26-4/h5-12,19H,23H2,1-4H3/t11-,12-/m0/s1. The number of carbonyl (C=O) groups is 1. The van der Waals surface area contributed by atoms with E-state index in [9.17, 15) is 13.6 Å². The molecule has 0 aliphatic rings. The summed E-state index contributed by atoms with van der Waals surface area (Å²) in [5, 5.41) is 0. The highest BCUT2D eigenvalue weighted by atomic mass is 19.1. The summed E-state index contributed by atoms with van der Waals surface area (Å²) in [7, 11) is 2.88. The Hall–Kier alpha value is -2.67. The van der Waals surface area contributed by atoms with Crippen LogP contribution in [0, 0.1) is 11.6 Å². The van der Waals surface area contributed by atoms with E-state index in [2.05, 4.69) is 0 Å². The lowest BCUT2D eigenvalue weighted by Crippen LogP contribution is -2.34. The van der Waals surface area contributed by atoms with E-state index in [0.29, 0.717) is 22.6 Å². The maximum absolute atomic E-state index is 14.0. The van der Waals surface area contributed by atoms with E-state index in [1.54, 1.807) is 6.92 Å². The summed E-state index contributed by atoms with van der Waals surface area (Å²) in [6.07, 6.45) is -0.796. The number of nitrogens with two attached hydrogens (primary N) is 1. The van der Waals surface area contributed by atoms with Crippen molar-refractivity contribution in [3.8, 4) is 11.5 Å². The van der Waals surface area contributed by atoms with Gasteiger partial charge in [0.2, 0.25) is 0 Å². The van der Waals surface area contributed by atoms with E-state index in [1.165, 1.54) is 57.5 Å². The van der Waals surface area contributed by atoms with Crippen LogP contribution in [0.2, 0.25) is 0 Å². The molecule has 0 aliphatic carbocycles. The van der Waals surface area contributed by atoms with Crippen molar-refractivity contribution in [1.29, 1.82) is 0 Å². The molecular weight excluding hydrogens is 356 g/mol. The van der Waals surface area contributed by atoms with Crippen LogP contribution in [0.5, 0.6) is 11.5 Å². The highest BCUT2D eigenvalue weighted by Gasteiger charge is 2.31. The number of hydrogen-bond donors (Lipinski definition) is 1. The first-order valence-electron chi connectivity index (χ1n) is 8.41. The molecule has 2 atom stereocenters. The average Bonchev–Trinajstić information content (AvgIpc) is 2.62. The van der Waals surface area contributed by atoms with Crippen LogP contribution in [-0.2, 0) is 9.53 Å². The van der Waals surface area contributed by atoms with Gasteiger partial charge in [-0.15, -0.1) is 0 Å². The minimum atomic E-state index is -0.836. The van der Waals surface area contributed by atoms with Gasteiger partial charge in [0.15, 0.2) is 0 Å².